The quantitative estimate of drug-likeness (QED) is 0.190. The van der Waals surface area contributed by atoms with E-state index in [1.165, 1.54) is 12.1 Å². The molecule has 2 aromatic carbocycles. The van der Waals surface area contributed by atoms with Crippen LogP contribution in [0.4, 0.5) is 18.9 Å². The molecule has 32 heavy (non-hydrogen) atoms. The monoisotopic (exact) mass is 473 g/mol. The fourth-order valence-corrected chi connectivity index (χ4v) is 2.83. The summed E-state index contributed by atoms with van der Waals surface area (Å²) >= 11 is 5.89. The van der Waals surface area contributed by atoms with Crippen molar-refractivity contribution >= 4 is 23.3 Å². The van der Waals surface area contributed by atoms with Gasteiger partial charge in [0.25, 0.3) is 5.69 Å². The number of esters is 1. The van der Waals surface area contributed by atoms with Crippen LogP contribution in [0.25, 0.3) is 0 Å². The Morgan fingerprint density at radius 2 is 1.94 bits per heavy atom. The molecular weight excluding hydrogens is 455 g/mol. The standard InChI is InChI=1S/C21H19ClF3NO6/c1-4-30-20(27)19(12(2)3)31-11-13-9-15(6-7-17(13)26(28)29)32-18-8-5-14(10-16(18)22)21(23,24)25/h5-10,19H,2,4,11H2,1,3H3. The van der Waals surface area contributed by atoms with Gasteiger partial charge in [-0.25, -0.2) is 4.79 Å². The van der Waals surface area contributed by atoms with E-state index in [4.69, 9.17) is 25.8 Å². The lowest BCUT2D eigenvalue weighted by Gasteiger charge is -2.17. The third kappa shape index (κ3) is 6.44. The Bertz CT molecular complexity index is 1030. The van der Waals surface area contributed by atoms with Crippen LogP contribution in [0.1, 0.15) is 25.0 Å². The second-order valence-corrected chi connectivity index (χ2v) is 6.99. The number of nitrogens with zero attached hydrogens (tertiary/aromatic N) is 1. The molecule has 7 nitrogen and oxygen atoms in total. The Balaban J connectivity index is 2.29. The maximum atomic E-state index is 12.8. The predicted molar refractivity (Wildman–Crippen MR) is 110 cm³/mol. The summed E-state index contributed by atoms with van der Waals surface area (Å²) in [4.78, 5) is 22.7. The van der Waals surface area contributed by atoms with Crippen molar-refractivity contribution in [1.29, 1.82) is 0 Å². The first-order valence-electron chi connectivity index (χ1n) is 9.19. The van der Waals surface area contributed by atoms with Crippen LogP contribution in [-0.4, -0.2) is 23.6 Å². The highest BCUT2D eigenvalue weighted by Gasteiger charge is 2.31. The number of hydrogen-bond acceptors (Lipinski definition) is 6. The average Bonchev–Trinajstić information content (AvgIpc) is 2.68. The first-order chi connectivity index (χ1) is 14.9. The Kier molecular flexibility index (Phi) is 8.23. The lowest BCUT2D eigenvalue weighted by Crippen LogP contribution is -2.27. The van der Waals surface area contributed by atoms with E-state index in [2.05, 4.69) is 6.58 Å². The lowest BCUT2D eigenvalue weighted by atomic mass is 10.1. The van der Waals surface area contributed by atoms with Gasteiger partial charge in [0.15, 0.2) is 6.10 Å². The summed E-state index contributed by atoms with van der Waals surface area (Å²) in [5.41, 5.74) is -0.848. The van der Waals surface area contributed by atoms with Gasteiger partial charge in [-0.1, -0.05) is 18.2 Å². The van der Waals surface area contributed by atoms with E-state index < -0.39 is 28.7 Å². The molecule has 0 saturated heterocycles. The number of nitro groups is 1. The molecule has 172 valence electrons. The van der Waals surface area contributed by atoms with Gasteiger partial charge >= 0.3 is 12.1 Å². The van der Waals surface area contributed by atoms with Crippen LogP contribution in [0.2, 0.25) is 5.02 Å². The molecule has 0 spiro atoms. The van der Waals surface area contributed by atoms with E-state index in [0.29, 0.717) is 11.6 Å². The molecule has 0 aromatic heterocycles. The SMILES string of the molecule is C=C(C)C(OCc1cc(Oc2ccc(C(F)(F)F)cc2Cl)ccc1[N+](=O)[O-])C(=O)OCC. The van der Waals surface area contributed by atoms with Gasteiger partial charge in [-0.3, -0.25) is 10.1 Å². The molecule has 1 atom stereocenters. The fourth-order valence-electron chi connectivity index (χ4n) is 2.61. The Morgan fingerprint density at radius 3 is 2.47 bits per heavy atom. The zero-order valence-electron chi connectivity index (χ0n) is 17.1. The van der Waals surface area contributed by atoms with Gasteiger partial charge in [0.05, 0.1) is 34.3 Å². The van der Waals surface area contributed by atoms with Crippen LogP contribution in [0.3, 0.4) is 0 Å². The van der Waals surface area contributed by atoms with Crippen LogP contribution < -0.4 is 4.74 Å². The lowest BCUT2D eigenvalue weighted by molar-refractivity contribution is -0.386. The second-order valence-electron chi connectivity index (χ2n) is 6.58. The summed E-state index contributed by atoms with van der Waals surface area (Å²) in [5, 5.41) is 11.1. The molecule has 0 saturated carbocycles. The Morgan fingerprint density at radius 1 is 1.25 bits per heavy atom. The van der Waals surface area contributed by atoms with Crippen LogP contribution in [-0.2, 0) is 27.1 Å². The number of carbonyl (C=O) groups is 1. The summed E-state index contributed by atoms with van der Waals surface area (Å²) in [5.74, 6) is -0.697. The highest BCUT2D eigenvalue weighted by molar-refractivity contribution is 6.32. The summed E-state index contributed by atoms with van der Waals surface area (Å²) in [6, 6.07) is 6.23. The number of carbonyl (C=O) groups excluding carboxylic acids is 1. The number of nitro benzene ring substituents is 1. The van der Waals surface area contributed by atoms with Crippen molar-refractivity contribution in [2.45, 2.75) is 32.7 Å². The van der Waals surface area contributed by atoms with Crippen LogP contribution in [0.5, 0.6) is 11.5 Å². The molecule has 0 N–H and O–H groups in total. The normalized spacial score (nSPS) is 12.2. The number of benzene rings is 2. The molecule has 1 unspecified atom stereocenters. The van der Waals surface area contributed by atoms with Gasteiger partial charge in [0, 0.05) is 6.07 Å². The number of ether oxygens (including phenoxy) is 3. The number of hydrogen-bond donors (Lipinski definition) is 0. The first kappa shape index (κ1) is 25.2. The Hall–Kier alpha value is -3.11. The van der Waals surface area contributed by atoms with Crippen molar-refractivity contribution < 1.29 is 37.1 Å². The van der Waals surface area contributed by atoms with E-state index in [1.54, 1.807) is 13.8 Å². The molecule has 0 radical (unpaired) electrons. The second kappa shape index (κ2) is 10.5. The molecule has 0 bridgehead atoms. The van der Waals surface area contributed by atoms with E-state index in [1.807, 2.05) is 0 Å². The van der Waals surface area contributed by atoms with Crippen LogP contribution in [0, 0.1) is 10.1 Å². The van der Waals surface area contributed by atoms with Gasteiger partial charge in [0.1, 0.15) is 11.5 Å². The minimum Gasteiger partial charge on any atom is -0.464 e. The van der Waals surface area contributed by atoms with E-state index in [9.17, 15) is 28.1 Å². The highest BCUT2D eigenvalue weighted by Crippen LogP contribution is 2.37. The molecule has 2 rings (SSSR count). The molecule has 0 fully saturated rings. The minimum atomic E-state index is -4.57. The molecular formula is C21H19ClF3NO6. The topological polar surface area (TPSA) is 87.9 Å². The van der Waals surface area contributed by atoms with Crippen molar-refractivity contribution in [3.05, 3.63) is 74.8 Å². The molecule has 0 amide bonds. The molecule has 0 aliphatic heterocycles. The molecule has 0 heterocycles. The summed E-state index contributed by atoms with van der Waals surface area (Å²) in [6.07, 6.45) is -5.71. The van der Waals surface area contributed by atoms with Crippen molar-refractivity contribution in [1.82, 2.24) is 0 Å². The van der Waals surface area contributed by atoms with Gasteiger partial charge in [-0.2, -0.15) is 13.2 Å². The van der Waals surface area contributed by atoms with Crippen LogP contribution >= 0.6 is 11.6 Å². The van der Waals surface area contributed by atoms with Crippen molar-refractivity contribution in [2.24, 2.45) is 0 Å². The van der Waals surface area contributed by atoms with Gasteiger partial charge < -0.3 is 14.2 Å². The highest BCUT2D eigenvalue weighted by atomic mass is 35.5. The van der Waals surface area contributed by atoms with Crippen molar-refractivity contribution in [3.8, 4) is 11.5 Å². The van der Waals surface area contributed by atoms with E-state index in [-0.39, 0.29) is 41.0 Å². The van der Waals surface area contributed by atoms with Crippen molar-refractivity contribution in [3.63, 3.8) is 0 Å². The maximum Gasteiger partial charge on any atom is 0.416 e. The smallest absolute Gasteiger partial charge is 0.416 e. The van der Waals surface area contributed by atoms with Gasteiger partial charge in [0.2, 0.25) is 0 Å². The van der Waals surface area contributed by atoms with E-state index in [0.717, 1.165) is 18.2 Å². The summed E-state index contributed by atoms with van der Waals surface area (Å²) < 4.78 is 54.3. The zero-order chi connectivity index (χ0) is 24.1. The summed E-state index contributed by atoms with van der Waals surface area (Å²) in [6.45, 7) is 6.58. The fraction of sp³-hybridized carbons (Fsp3) is 0.286. The van der Waals surface area contributed by atoms with Crippen LogP contribution in [0.15, 0.2) is 48.6 Å². The minimum absolute atomic E-state index is 0.0612. The largest absolute Gasteiger partial charge is 0.464 e. The van der Waals surface area contributed by atoms with Gasteiger partial charge in [-0.15, -0.1) is 0 Å². The Labute approximate surface area is 186 Å². The number of halogens is 4. The van der Waals surface area contributed by atoms with Gasteiger partial charge in [-0.05, 0) is 49.8 Å². The number of rotatable bonds is 9. The third-order valence-electron chi connectivity index (χ3n) is 4.09. The molecule has 2 aromatic rings. The zero-order valence-corrected chi connectivity index (χ0v) is 17.8. The predicted octanol–water partition coefficient (Wildman–Crippen LogP) is 6.08. The third-order valence-corrected chi connectivity index (χ3v) is 4.38. The molecule has 0 aliphatic rings. The molecule has 11 heteroatoms. The van der Waals surface area contributed by atoms with Crippen molar-refractivity contribution in [2.75, 3.05) is 6.61 Å². The maximum absolute atomic E-state index is 12.8. The average molecular weight is 474 g/mol. The first-order valence-corrected chi connectivity index (χ1v) is 9.57. The summed E-state index contributed by atoms with van der Waals surface area (Å²) in [7, 11) is 0. The van der Waals surface area contributed by atoms with E-state index >= 15 is 0 Å². The molecule has 0 aliphatic carbocycles. The number of alkyl halides is 3.